The summed E-state index contributed by atoms with van der Waals surface area (Å²) < 4.78 is 0. The van der Waals surface area contributed by atoms with Crippen LogP contribution >= 0.6 is 11.6 Å². The number of benzene rings is 1. The Balaban J connectivity index is 1.21. The van der Waals surface area contributed by atoms with Gasteiger partial charge in [0.1, 0.15) is 0 Å². The zero-order chi connectivity index (χ0) is 30.3. The number of carbonyl (C=O) groups excluding carboxylic acids is 3. The lowest BCUT2D eigenvalue weighted by molar-refractivity contribution is -0.135. The van der Waals surface area contributed by atoms with Gasteiger partial charge in [-0.3, -0.25) is 4.79 Å². The van der Waals surface area contributed by atoms with Gasteiger partial charge in [0.25, 0.3) is 0 Å². The van der Waals surface area contributed by atoms with E-state index >= 15 is 0 Å². The van der Waals surface area contributed by atoms with E-state index in [9.17, 15) is 14.4 Å². The number of amides is 5. The van der Waals surface area contributed by atoms with Crippen LogP contribution in [0.4, 0.5) is 9.59 Å². The van der Waals surface area contributed by atoms with E-state index in [2.05, 4.69) is 10.2 Å². The monoisotopic (exact) mass is 614 g/mol. The van der Waals surface area contributed by atoms with Crippen LogP contribution in [0.3, 0.4) is 0 Å². The van der Waals surface area contributed by atoms with E-state index in [1.165, 1.54) is 19.3 Å². The van der Waals surface area contributed by atoms with Gasteiger partial charge in [0.2, 0.25) is 5.91 Å². The van der Waals surface area contributed by atoms with Crippen molar-refractivity contribution in [3.8, 4) is 0 Å². The van der Waals surface area contributed by atoms with Crippen LogP contribution < -0.4 is 5.32 Å². The molecule has 1 saturated carbocycles. The molecule has 10 heteroatoms. The fraction of sp³-hybridized carbons (Fsp3) is 0.727. The smallest absolute Gasteiger partial charge is 0.319 e. The highest BCUT2D eigenvalue weighted by molar-refractivity contribution is 6.30. The molecule has 4 aliphatic rings. The molecule has 1 N–H and O–H groups in total. The fourth-order valence-corrected chi connectivity index (χ4v) is 7.62. The predicted octanol–water partition coefficient (Wildman–Crippen LogP) is 4.83. The van der Waals surface area contributed by atoms with Gasteiger partial charge >= 0.3 is 12.1 Å². The van der Waals surface area contributed by atoms with Gasteiger partial charge in [-0.25, -0.2) is 9.59 Å². The van der Waals surface area contributed by atoms with Crippen molar-refractivity contribution in [1.82, 2.24) is 29.8 Å². The SMILES string of the molecule is CN(C)C(=O)N(C1CCCCC1)C1CCN(C(=O)[C@@H](Cc2ccc(Cl)cc2)NC2CCN(C(=O)N3CCCC3)CC2)CC1. The lowest BCUT2D eigenvalue weighted by Crippen LogP contribution is -2.58. The minimum atomic E-state index is -0.346. The summed E-state index contributed by atoms with van der Waals surface area (Å²) in [6.45, 7) is 4.50. The second-order valence-electron chi connectivity index (χ2n) is 13.2. The first kappa shape index (κ1) is 31.9. The number of nitrogens with zero attached hydrogens (tertiary/aromatic N) is 5. The van der Waals surface area contributed by atoms with Crippen molar-refractivity contribution in [2.45, 2.75) is 101 Å². The van der Waals surface area contributed by atoms with Gasteiger partial charge in [0.05, 0.1) is 6.04 Å². The highest BCUT2D eigenvalue weighted by atomic mass is 35.5. The largest absolute Gasteiger partial charge is 0.341 e. The number of piperidine rings is 2. The Hall–Kier alpha value is -2.52. The van der Waals surface area contributed by atoms with Crippen LogP contribution in [0.25, 0.3) is 0 Å². The van der Waals surface area contributed by atoms with Gasteiger partial charge in [0.15, 0.2) is 0 Å². The summed E-state index contributed by atoms with van der Waals surface area (Å²) in [7, 11) is 3.69. The summed E-state index contributed by atoms with van der Waals surface area (Å²) in [5, 5.41) is 4.40. The molecular formula is C33H51ClN6O3. The number of nitrogens with one attached hydrogen (secondary N) is 1. The standard InChI is InChI=1S/C33H51ClN6O3/c1-36(2)32(42)40(28-8-4-3-5-9-28)29-16-22-37(23-17-29)31(41)30(24-25-10-12-26(34)13-11-25)35-27-14-20-39(21-15-27)33(43)38-18-6-7-19-38/h10-13,27-30,35H,3-9,14-24H2,1-2H3/t30-/m1/s1. The quantitative estimate of drug-likeness (QED) is 0.477. The maximum atomic E-state index is 14.1. The molecule has 1 aromatic carbocycles. The summed E-state index contributed by atoms with van der Waals surface area (Å²) in [5.74, 6) is 0.132. The summed E-state index contributed by atoms with van der Waals surface area (Å²) in [5.41, 5.74) is 1.08. The van der Waals surface area contributed by atoms with Crippen molar-refractivity contribution < 1.29 is 14.4 Å². The molecule has 9 nitrogen and oxygen atoms in total. The topological polar surface area (TPSA) is 79.4 Å². The number of halogens is 1. The number of hydrogen-bond donors (Lipinski definition) is 1. The van der Waals surface area contributed by atoms with Crippen LogP contribution in [0.5, 0.6) is 0 Å². The third-order valence-electron chi connectivity index (χ3n) is 9.97. The van der Waals surface area contributed by atoms with Crippen LogP contribution in [-0.2, 0) is 11.2 Å². The Morgan fingerprint density at radius 3 is 1.93 bits per heavy atom. The van der Waals surface area contributed by atoms with Crippen LogP contribution in [-0.4, -0.2) is 120 Å². The molecule has 3 heterocycles. The number of carbonyl (C=O) groups is 3. The maximum Gasteiger partial charge on any atom is 0.319 e. The van der Waals surface area contributed by atoms with Gasteiger partial charge in [-0.05, 0) is 75.5 Å². The predicted molar refractivity (Wildman–Crippen MR) is 170 cm³/mol. The van der Waals surface area contributed by atoms with Crippen LogP contribution in [0, 0.1) is 0 Å². The van der Waals surface area contributed by atoms with E-state index < -0.39 is 0 Å². The first-order valence-corrected chi connectivity index (χ1v) is 17.0. The third-order valence-corrected chi connectivity index (χ3v) is 10.2. The number of rotatable bonds is 7. The first-order valence-electron chi connectivity index (χ1n) is 16.6. The highest BCUT2D eigenvalue weighted by Crippen LogP contribution is 2.29. The van der Waals surface area contributed by atoms with Crippen molar-refractivity contribution in [3.63, 3.8) is 0 Å². The third kappa shape index (κ3) is 8.15. The average molecular weight is 615 g/mol. The molecule has 3 aliphatic heterocycles. The number of likely N-dealkylation sites (tertiary alicyclic amines) is 3. The minimum absolute atomic E-state index is 0.105. The highest BCUT2D eigenvalue weighted by Gasteiger charge is 2.37. The molecule has 0 unspecified atom stereocenters. The van der Waals surface area contributed by atoms with Gasteiger partial charge in [-0.2, -0.15) is 0 Å². The zero-order valence-corrected chi connectivity index (χ0v) is 26.9. The molecule has 1 aliphatic carbocycles. The Bertz CT molecular complexity index is 1070. The van der Waals surface area contributed by atoms with E-state index in [4.69, 9.17) is 11.6 Å². The Morgan fingerprint density at radius 1 is 0.767 bits per heavy atom. The maximum absolute atomic E-state index is 14.1. The molecule has 0 aromatic heterocycles. The average Bonchev–Trinajstić information content (AvgIpc) is 3.58. The van der Waals surface area contributed by atoms with Crippen molar-refractivity contribution in [3.05, 3.63) is 34.9 Å². The van der Waals surface area contributed by atoms with Gasteiger partial charge < -0.3 is 29.8 Å². The van der Waals surface area contributed by atoms with Gasteiger partial charge in [-0.15, -0.1) is 0 Å². The number of urea groups is 2. The first-order chi connectivity index (χ1) is 20.8. The van der Waals surface area contributed by atoms with Crippen LogP contribution in [0.1, 0.15) is 76.2 Å². The molecule has 43 heavy (non-hydrogen) atoms. The van der Waals surface area contributed by atoms with E-state index in [-0.39, 0.29) is 36.1 Å². The molecule has 1 atom stereocenters. The van der Waals surface area contributed by atoms with Crippen molar-refractivity contribution in [2.75, 3.05) is 53.4 Å². The molecular weight excluding hydrogens is 564 g/mol. The normalized spacial score (nSPS) is 21.6. The van der Waals surface area contributed by atoms with E-state index in [1.54, 1.807) is 4.90 Å². The Kier molecular flexibility index (Phi) is 11.1. The fourth-order valence-electron chi connectivity index (χ4n) is 7.49. The molecule has 1 aromatic rings. The molecule has 3 saturated heterocycles. The summed E-state index contributed by atoms with van der Waals surface area (Å²) in [6, 6.07) is 8.35. The summed E-state index contributed by atoms with van der Waals surface area (Å²) >= 11 is 6.15. The molecule has 5 rings (SSSR count). The van der Waals surface area contributed by atoms with E-state index in [1.807, 2.05) is 53.1 Å². The molecule has 0 spiro atoms. The minimum Gasteiger partial charge on any atom is -0.341 e. The van der Waals surface area contributed by atoms with Crippen LogP contribution in [0.2, 0.25) is 5.02 Å². The second-order valence-corrected chi connectivity index (χ2v) is 13.7. The lowest BCUT2D eigenvalue weighted by Gasteiger charge is -2.45. The number of hydrogen-bond acceptors (Lipinski definition) is 4. The molecule has 0 radical (unpaired) electrons. The Labute approximate surface area is 262 Å². The summed E-state index contributed by atoms with van der Waals surface area (Å²) in [6.07, 6.45) is 11.9. The lowest BCUT2D eigenvalue weighted by atomic mass is 9.91. The second kappa shape index (κ2) is 15.0. The van der Waals surface area contributed by atoms with Crippen LogP contribution in [0.15, 0.2) is 24.3 Å². The Morgan fingerprint density at radius 2 is 1.33 bits per heavy atom. The van der Waals surface area contributed by atoms with Gasteiger partial charge in [0, 0.05) is 76.5 Å². The molecule has 0 bridgehead atoms. The van der Waals surface area contributed by atoms with Crippen molar-refractivity contribution >= 4 is 29.6 Å². The molecule has 238 valence electrons. The summed E-state index contributed by atoms with van der Waals surface area (Å²) in [4.78, 5) is 50.1. The van der Waals surface area contributed by atoms with E-state index in [0.717, 1.165) is 83.1 Å². The zero-order valence-electron chi connectivity index (χ0n) is 26.2. The van der Waals surface area contributed by atoms with Crippen molar-refractivity contribution in [2.24, 2.45) is 0 Å². The van der Waals surface area contributed by atoms with E-state index in [0.29, 0.717) is 30.6 Å². The van der Waals surface area contributed by atoms with Crippen molar-refractivity contribution in [1.29, 1.82) is 0 Å². The van der Waals surface area contributed by atoms with Gasteiger partial charge in [-0.1, -0.05) is 43.0 Å². The molecule has 5 amide bonds. The molecule has 4 fully saturated rings.